The molecule has 0 saturated carbocycles. The molecule has 0 amide bonds. The van der Waals surface area contributed by atoms with Crippen LogP contribution in [0.2, 0.25) is 0 Å². The van der Waals surface area contributed by atoms with Crippen LogP contribution in [-0.2, 0) is 6.42 Å². The Morgan fingerprint density at radius 3 is 2.50 bits per heavy atom. The highest BCUT2D eigenvalue weighted by atomic mass is 16.5. The zero-order chi connectivity index (χ0) is 17.3. The zero-order valence-corrected chi connectivity index (χ0v) is 14.4. The molecular formula is C20H21NO3. The molecule has 2 aromatic carbocycles. The second-order valence-electron chi connectivity index (χ2n) is 5.98. The first kappa shape index (κ1) is 16.1. The summed E-state index contributed by atoms with van der Waals surface area (Å²) in [5, 5.41) is 0.917. The van der Waals surface area contributed by atoms with Crippen LogP contribution in [0.1, 0.15) is 22.3 Å². The Balaban J connectivity index is 2.21. The molecule has 0 radical (unpaired) electrons. The normalized spacial score (nSPS) is 10.8. The van der Waals surface area contributed by atoms with E-state index < -0.39 is 0 Å². The number of benzene rings is 2. The molecule has 0 atom stereocenters. The molecule has 3 rings (SSSR count). The van der Waals surface area contributed by atoms with Gasteiger partial charge in [0.2, 0.25) is 0 Å². The van der Waals surface area contributed by atoms with Crippen LogP contribution in [0.3, 0.4) is 0 Å². The lowest BCUT2D eigenvalue weighted by Crippen LogP contribution is -2.16. The number of pyridine rings is 1. The van der Waals surface area contributed by atoms with Gasteiger partial charge in [0.25, 0.3) is 5.56 Å². The molecule has 1 aromatic heterocycles. The number of H-pyrrole nitrogens is 1. The summed E-state index contributed by atoms with van der Waals surface area (Å²) in [6.07, 6.45) is 0.591. The lowest BCUT2D eigenvalue weighted by atomic mass is 9.97. The smallest absolute Gasteiger partial charge is 0.252 e. The van der Waals surface area contributed by atoms with Gasteiger partial charge in [-0.2, -0.15) is 0 Å². The van der Waals surface area contributed by atoms with E-state index in [1.165, 1.54) is 5.56 Å². The van der Waals surface area contributed by atoms with Crippen LogP contribution in [0.25, 0.3) is 10.9 Å². The third-order valence-corrected chi connectivity index (χ3v) is 4.34. The molecule has 1 heterocycles. The van der Waals surface area contributed by atoms with Crippen molar-refractivity contribution in [1.82, 2.24) is 4.98 Å². The minimum Gasteiger partial charge on any atom is -0.497 e. The largest absolute Gasteiger partial charge is 0.497 e. The summed E-state index contributed by atoms with van der Waals surface area (Å²) in [4.78, 5) is 15.6. The number of rotatable bonds is 4. The van der Waals surface area contributed by atoms with Gasteiger partial charge in [-0.3, -0.25) is 4.79 Å². The van der Waals surface area contributed by atoms with Gasteiger partial charge >= 0.3 is 0 Å². The number of methoxy groups -OCH3 is 2. The fourth-order valence-corrected chi connectivity index (χ4v) is 3.11. The summed E-state index contributed by atoms with van der Waals surface area (Å²) in [6.45, 7) is 4.02. The molecule has 0 aliphatic heterocycles. The highest BCUT2D eigenvalue weighted by molar-refractivity contribution is 5.90. The molecule has 4 nitrogen and oxygen atoms in total. The van der Waals surface area contributed by atoms with Gasteiger partial charge in [-0.05, 0) is 25.0 Å². The lowest BCUT2D eigenvalue weighted by Gasteiger charge is -2.14. The molecule has 0 bridgehead atoms. The SMILES string of the molecule is COc1cc(OC)c2c(C)c(Cc3cccc(C)c3)c(=O)[nH]c2c1. The predicted octanol–water partition coefficient (Wildman–Crippen LogP) is 3.75. The van der Waals surface area contributed by atoms with Crippen molar-refractivity contribution in [3.63, 3.8) is 0 Å². The maximum Gasteiger partial charge on any atom is 0.252 e. The Hall–Kier alpha value is -2.75. The van der Waals surface area contributed by atoms with E-state index in [0.29, 0.717) is 17.9 Å². The first-order valence-corrected chi connectivity index (χ1v) is 7.86. The number of aryl methyl sites for hydroxylation is 2. The number of aromatic nitrogens is 1. The Labute approximate surface area is 141 Å². The molecule has 24 heavy (non-hydrogen) atoms. The summed E-state index contributed by atoms with van der Waals surface area (Å²) < 4.78 is 10.8. The molecule has 3 aromatic rings. The van der Waals surface area contributed by atoms with E-state index in [1.807, 2.05) is 31.2 Å². The molecule has 0 aliphatic rings. The van der Waals surface area contributed by atoms with Gasteiger partial charge < -0.3 is 14.5 Å². The number of aromatic amines is 1. The summed E-state index contributed by atoms with van der Waals surface area (Å²) in [7, 11) is 3.22. The van der Waals surface area contributed by atoms with Crippen LogP contribution in [0.15, 0.2) is 41.2 Å². The first-order chi connectivity index (χ1) is 11.5. The van der Waals surface area contributed by atoms with Crippen LogP contribution >= 0.6 is 0 Å². The summed E-state index contributed by atoms with van der Waals surface area (Å²) in [5.41, 5.74) is 4.66. The van der Waals surface area contributed by atoms with Crippen molar-refractivity contribution in [3.05, 3.63) is 69.0 Å². The van der Waals surface area contributed by atoms with Gasteiger partial charge in [0.1, 0.15) is 11.5 Å². The number of fused-ring (bicyclic) bond motifs is 1. The third-order valence-electron chi connectivity index (χ3n) is 4.34. The molecule has 1 N–H and O–H groups in total. The number of nitrogens with one attached hydrogen (secondary N) is 1. The van der Waals surface area contributed by atoms with Gasteiger partial charge in [-0.25, -0.2) is 0 Å². The fourth-order valence-electron chi connectivity index (χ4n) is 3.11. The molecule has 0 unspecified atom stereocenters. The van der Waals surface area contributed by atoms with E-state index in [4.69, 9.17) is 9.47 Å². The Bertz CT molecular complexity index is 957. The van der Waals surface area contributed by atoms with E-state index in [1.54, 1.807) is 14.2 Å². The van der Waals surface area contributed by atoms with E-state index in [-0.39, 0.29) is 5.56 Å². The van der Waals surface area contributed by atoms with Crippen molar-refractivity contribution in [2.45, 2.75) is 20.3 Å². The quantitative estimate of drug-likeness (QED) is 0.795. The highest BCUT2D eigenvalue weighted by Crippen LogP contribution is 2.33. The second-order valence-corrected chi connectivity index (χ2v) is 5.98. The topological polar surface area (TPSA) is 51.3 Å². The van der Waals surface area contributed by atoms with Crippen molar-refractivity contribution < 1.29 is 9.47 Å². The minimum absolute atomic E-state index is 0.0724. The zero-order valence-electron chi connectivity index (χ0n) is 14.4. The molecule has 0 fully saturated rings. The first-order valence-electron chi connectivity index (χ1n) is 7.86. The minimum atomic E-state index is -0.0724. The molecular weight excluding hydrogens is 302 g/mol. The van der Waals surface area contributed by atoms with E-state index >= 15 is 0 Å². The van der Waals surface area contributed by atoms with Crippen molar-refractivity contribution in [3.8, 4) is 11.5 Å². The number of ether oxygens (including phenoxy) is 2. The van der Waals surface area contributed by atoms with Crippen molar-refractivity contribution in [2.75, 3.05) is 14.2 Å². The van der Waals surface area contributed by atoms with Gasteiger partial charge in [0.05, 0.1) is 19.7 Å². The number of hydrogen-bond acceptors (Lipinski definition) is 3. The maximum atomic E-state index is 12.6. The molecule has 0 spiro atoms. The van der Waals surface area contributed by atoms with Gasteiger partial charge in [0, 0.05) is 29.5 Å². The predicted molar refractivity (Wildman–Crippen MR) is 96.4 cm³/mol. The van der Waals surface area contributed by atoms with Crippen LogP contribution in [0, 0.1) is 13.8 Å². The van der Waals surface area contributed by atoms with Crippen molar-refractivity contribution in [1.29, 1.82) is 0 Å². The van der Waals surface area contributed by atoms with Gasteiger partial charge in [-0.1, -0.05) is 29.8 Å². The number of hydrogen-bond donors (Lipinski definition) is 1. The summed E-state index contributed by atoms with van der Waals surface area (Å²) >= 11 is 0. The monoisotopic (exact) mass is 323 g/mol. The van der Waals surface area contributed by atoms with Crippen LogP contribution in [0.4, 0.5) is 0 Å². The van der Waals surface area contributed by atoms with E-state index in [9.17, 15) is 4.79 Å². The maximum absolute atomic E-state index is 12.6. The Morgan fingerprint density at radius 1 is 1.04 bits per heavy atom. The standard InChI is InChI=1S/C20H21NO3/c1-12-6-5-7-14(8-12)9-16-13(2)19-17(21-20(16)22)10-15(23-3)11-18(19)24-4/h5-8,10-11H,9H2,1-4H3,(H,21,22). The molecule has 4 heteroatoms. The van der Waals surface area contributed by atoms with E-state index in [0.717, 1.165) is 27.6 Å². The van der Waals surface area contributed by atoms with Crippen LogP contribution < -0.4 is 15.0 Å². The second kappa shape index (κ2) is 6.40. The molecule has 124 valence electrons. The third kappa shape index (κ3) is 2.87. The van der Waals surface area contributed by atoms with Crippen molar-refractivity contribution >= 4 is 10.9 Å². The fraction of sp³-hybridized carbons (Fsp3) is 0.250. The van der Waals surface area contributed by atoms with Crippen LogP contribution in [0.5, 0.6) is 11.5 Å². The Morgan fingerprint density at radius 2 is 1.83 bits per heavy atom. The molecule has 0 saturated heterocycles. The lowest BCUT2D eigenvalue weighted by molar-refractivity contribution is 0.397. The summed E-state index contributed by atoms with van der Waals surface area (Å²) in [5.74, 6) is 1.35. The molecule has 0 aliphatic carbocycles. The highest BCUT2D eigenvalue weighted by Gasteiger charge is 2.15. The van der Waals surface area contributed by atoms with Crippen molar-refractivity contribution in [2.24, 2.45) is 0 Å². The van der Waals surface area contributed by atoms with Gasteiger partial charge in [0.15, 0.2) is 0 Å². The average Bonchev–Trinajstić information content (AvgIpc) is 2.57. The van der Waals surface area contributed by atoms with Crippen LogP contribution in [-0.4, -0.2) is 19.2 Å². The van der Waals surface area contributed by atoms with E-state index in [2.05, 4.69) is 24.0 Å². The Kier molecular flexibility index (Phi) is 4.30. The van der Waals surface area contributed by atoms with Gasteiger partial charge in [-0.15, -0.1) is 0 Å². The summed E-state index contributed by atoms with van der Waals surface area (Å²) in [6, 6.07) is 11.9. The average molecular weight is 323 g/mol.